The Morgan fingerprint density at radius 3 is 2.21 bits per heavy atom. The number of rotatable bonds is 10. The number of nitrogens with two attached hydrogens (primary N) is 1. The first-order chi connectivity index (χ1) is 19.1. The normalized spacial score (nSPS) is 11.2. The minimum atomic E-state index is -0.392. The van der Waals surface area contributed by atoms with Gasteiger partial charge in [0.25, 0.3) is 0 Å². The first-order valence-corrected chi connectivity index (χ1v) is 13.4. The van der Waals surface area contributed by atoms with Crippen molar-refractivity contribution in [3.05, 3.63) is 136 Å². The van der Waals surface area contributed by atoms with E-state index in [2.05, 4.69) is 59.2 Å². The third kappa shape index (κ3) is 5.70. The predicted octanol–water partition coefficient (Wildman–Crippen LogP) is 6.84. The molecule has 5 nitrogen and oxygen atoms in total. The van der Waals surface area contributed by atoms with Crippen LogP contribution < -0.4 is 10.5 Å². The van der Waals surface area contributed by atoms with Crippen molar-refractivity contribution < 1.29 is 14.3 Å². The number of aromatic nitrogens is 1. The zero-order valence-electron chi connectivity index (χ0n) is 21.8. The van der Waals surface area contributed by atoms with Crippen molar-refractivity contribution in [1.29, 1.82) is 0 Å². The smallest absolute Gasteiger partial charge is 0.337 e. The number of nitrogens with zero attached hydrogens (tertiary/aromatic N) is 1. The van der Waals surface area contributed by atoms with Gasteiger partial charge in [-0.2, -0.15) is 0 Å². The number of benzene rings is 4. The summed E-state index contributed by atoms with van der Waals surface area (Å²) in [7, 11) is 1.37. The van der Waals surface area contributed by atoms with Gasteiger partial charge < -0.3 is 19.8 Å². The van der Waals surface area contributed by atoms with Crippen molar-refractivity contribution >= 4 is 28.5 Å². The van der Waals surface area contributed by atoms with Crippen LogP contribution in [0.15, 0.2) is 103 Å². The number of carbonyl (C=O) groups is 1. The van der Waals surface area contributed by atoms with Crippen LogP contribution in [0.1, 0.15) is 38.8 Å². The Balaban J connectivity index is 1.59. The molecule has 0 amide bonds. The average molecular weight is 539 g/mol. The molecule has 0 bridgehead atoms. The lowest BCUT2D eigenvalue weighted by atomic mass is 9.97. The fourth-order valence-electron chi connectivity index (χ4n) is 5.25. The Kier molecular flexibility index (Phi) is 8.30. The van der Waals surface area contributed by atoms with Crippen LogP contribution in [0.25, 0.3) is 10.9 Å². The lowest BCUT2D eigenvalue weighted by Gasteiger charge is -2.25. The van der Waals surface area contributed by atoms with Gasteiger partial charge in [0.05, 0.1) is 25.3 Å². The number of ether oxygens (including phenoxy) is 2. The molecule has 198 valence electrons. The van der Waals surface area contributed by atoms with Gasteiger partial charge in [0.1, 0.15) is 5.75 Å². The minimum Gasteiger partial charge on any atom is -0.493 e. The zero-order valence-corrected chi connectivity index (χ0v) is 22.6. The highest BCUT2D eigenvalue weighted by molar-refractivity contribution is 6.31. The van der Waals surface area contributed by atoms with Gasteiger partial charge in [0.15, 0.2) is 0 Å². The highest BCUT2D eigenvalue weighted by Gasteiger charge is 2.25. The van der Waals surface area contributed by atoms with Crippen LogP contribution in [-0.2, 0) is 17.6 Å². The number of esters is 1. The molecule has 0 unspecified atom stereocenters. The maximum Gasteiger partial charge on any atom is 0.337 e. The summed E-state index contributed by atoms with van der Waals surface area (Å²) in [5.41, 5.74) is 12.5. The summed E-state index contributed by atoms with van der Waals surface area (Å²) in [5, 5.41) is 1.78. The molecule has 2 N–H and O–H groups in total. The molecule has 1 heterocycles. The van der Waals surface area contributed by atoms with E-state index < -0.39 is 5.97 Å². The molecule has 4 aromatic carbocycles. The van der Waals surface area contributed by atoms with Gasteiger partial charge in [-0.1, -0.05) is 78.3 Å². The molecule has 0 aliphatic rings. The van der Waals surface area contributed by atoms with Crippen LogP contribution in [0, 0.1) is 0 Å². The standard InChI is InChI=1S/C33H31ClN2O3/c1-38-33(37)25-13-8-14-27(21-25)39-20-18-28-29-22-26(34)15-16-30(29)36(31(28)17-19-35)32(23-9-4-2-5-10-23)24-11-6-3-7-12-24/h2-16,21-22,32H,17-20,35H2,1H3. The molecule has 0 atom stereocenters. The van der Waals surface area contributed by atoms with E-state index in [1.165, 1.54) is 29.5 Å². The van der Waals surface area contributed by atoms with E-state index in [1.54, 1.807) is 18.2 Å². The number of fused-ring (bicyclic) bond motifs is 1. The second kappa shape index (κ2) is 12.2. The van der Waals surface area contributed by atoms with Crippen LogP contribution in [0.2, 0.25) is 5.02 Å². The third-order valence-electron chi connectivity index (χ3n) is 6.93. The van der Waals surface area contributed by atoms with Crippen molar-refractivity contribution in [2.45, 2.75) is 18.9 Å². The van der Waals surface area contributed by atoms with Crippen molar-refractivity contribution in [1.82, 2.24) is 4.57 Å². The molecular weight excluding hydrogens is 508 g/mol. The topological polar surface area (TPSA) is 66.5 Å². The van der Waals surface area contributed by atoms with Gasteiger partial charge in [-0.3, -0.25) is 0 Å². The van der Waals surface area contributed by atoms with Crippen LogP contribution in [-0.4, -0.2) is 30.8 Å². The van der Waals surface area contributed by atoms with E-state index in [0.717, 1.165) is 10.9 Å². The van der Waals surface area contributed by atoms with E-state index in [-0.39, 0.29) is 6.04 Å². The largest absolute Gasteiger partial charge is 0.493 e. The summed E-state index contributed by atoms with van der Waals surface area (Å²) in [6.07, 6.45) is 1.35. The Morgan fingerprint density at radius 1 is 0.872 bits per heavy atom. The fourth-order valence-corrected chi connectivity index (χ4v) is 5.42. The summed E-state index contributed by atoms with van der Waals surface area (Å²) in [6.45, 7) is 0.935. The third-order valence-corrected chi connectivity index (χ3v) is 7.16. The van der Waals surface area contributed by atoms with Crippen LogP contribution in [0.5, 0.6) is 5.75 Å². The fraction of sp³-hybridized carbons (Fsp3) is 0.182. The Bertz CT molecular complexity index is 1530. The first-order valence-electron chi connectivity index (χ1n) is 13.0. The summed E-state index contributed by atoms with van der Waals surface area (Å²) in [4.78, 5) is 12.0. The van der Waals surface area contributed by atoms with Gasteiger partial charge >= 0.3 is 5.97 Å². The quantitative estimate of drug-likeness (QED) is 0.198. The van der Waals surface area contributed by atoms with E-state index in [0.29, 0.717) is 42.3 Å². The summed E-state index contributed by atoms with van der Waals surface area (Å²) in [6, 6.07) is 34.1. The number of carbonyl (C=O) groups excluding carboxylic acids is 1. The Hall–Kier alpha value is -4.06. The first kappa shape index (κ1) is 26.5. The van der Waals surface area contributed by atoms with Crippen molar-refractivity contribution in [3.63, 3.8) is 0 Å². The molecule has 1 aromatic heterocycles. The van der Waals surface area contributed by atoms with Crippen LogP contribution in [0.4, 0.5) is 0 Å². The molecule has 0 spiro atoms. The van der Waals surface area contributed by atoms with E-state index in [9.17, 15) is 4.79 Å². The molecule has 0 aliphatic heterocycles. The predicted molar refractivity (Wildman–Crippen MR) is 157 cm³/mol. The van der Waals surface area contributed by atoms with Crippen molar-refractivity contribution in [2.24, 2.45) is 5.73 Å². The number of methoxy groups -OCH3 is 1. The molecule has 5 aromatic rings. The lowest BCUT2D eigenvalue weighted by molar-refractivity contribution is 0.0600. The molecule has 0 saturated heterocycles. The molecule has 0 saturated carbocycles. The number of hydrogen-bond acceptors (Lipinski definition) is 4. The second-order valence-corrected chi connectivity index (χ2v) is 9.77. The maximum atomic E-state index is 12.0. The summed E-state index contributed by atoms with van der Waals surface area (Å²) >= 11 is 6.52. The second-order valence-electron chi connectivity index (χ2n) is 9.34. The Labute approximate surface area is 233 Å². The van der Waals surface area contributed by atoms with Gasteiger partial charge in [-0.25, -0.2) is 4.79 Å². The number of halogens is 1. The van der Waals surface area contributed by atoms with E-state index >= 15 is 0 Å². The van der Waals surface area contributed by atoms with Gasteiger partial charge in [0.2, 0.25) is 0 Å². The van der Waals surface area contributed by atoms with E-state index in [4.69, 9.17) is 26.8 Å². The monoisotopic (exact) mass is 538 g/mol. The molecule has 39 heavy (non-hydrogen) atoms. The van der Waals surface area contributed by atoms with Gasteiger partial charge in [-0.15, -0.1) is 0 Å². The van der Waals surface area contributed by atoms with Crippen LogP contribution >= 0.6 is 11.6 Å². The molecule has 5 rings (SSSR count). The molecular formula is C33H31ClN2O3. The molecule has 6 heteroatoms. The van der Waals surface area contributed by atoms with Crippen molar-refractivity contribution in [3.8, 4) is 5.75 Å². The van der Waals surface area contributed by atoms with E-state index in [1.807, 2.05) is 30.3 Å². The highest BCUT2D eigenvalue weighted by Crippen LogP contribution is 2.37. The summed E-state index contributed by atoms with van der Waals surface area (Å²) in [5.74, 6) is 0.225. The van der Waals surface area contributed by atoms with Gasteiger partial charge in [-0.05, 0) is 59.6 Å². The molecule has 0 fully saturated rings. The average Bonchev–Trinajstić information content (AvgIpc) is 3.26. The zero-order chi connectivity index (χ0) is 27.2. The minimum absolute atomic E-state index is 0.0379. The molecule has 0 radical (unpaired) electrons. The SMILES string of the molecule is COC(=O)c1cccc(OCCc2c(CCN)n(C(c3ccccc3)c3ccccc3)c3ccc(Cl)cc23)c1. The van der Waals surface area contributed by atoms with Crippen LogP contribution in [0.3, 0.4) is 0 Å². The lowest BCUT2D eigenvalue weighted by Crippen LogP contribution is -2.18. The molecule has 0 aliphatic carbocycles. The van der Waals surface area contributed by atoms with Gasteiger partial charge in [0, 0.05) is 34.5 Å². The Morgan fingerprint density at radius 2 is 1.56 bits per heavy atom. The highest BCUT2D eigenvalue weighted by atomic mass is 35.5. The number of hydrogen-bond donors (Lipinski definition) is 1. The summed E-state index contributed by atoms with van der Waals surface area (Å²) < 4.78 is 13.4. The van der Waals surface area contributed by atoms with Crippen molar-refractivity contribution in [2.75, 3.05) is 20.3 Å². The maximum absolute atomic E-state index is 12.0.